The zero-order valence-corrected chi connectivity index (χ0v) is 18.1. The first-order valence-electron chi connectivity index (χ1n) is 11.0. The monoisotopic (exact) mass is 367 g/mol. The van der Waals surface area contributed by atoms with Gasteiger partial charge in [-0.25, -0.2) is 4.79 Å². The smallest absolute Gasteiger partial charge is 0.330 e. The van der Waals surface area contributed by atoms with Gasteiger partial charge in [0.05, 0.1) is 0 Å². The Bertz CT molecular complexity index is 341. The normalized spacial score (nSPS) is 13.6. The van der Waals surface area contributed by atoms with Crippen molar-refractivity contribution >= 4 is 5.97 Å². The predicted molar refractivity (Wildman–Crippen MR) is 114 cm³/mol. The van der Waals surface area contributed by atoms with Crippen LogP contribution in [-0.4, -0.2) is 37.1 Å². The number of rotatable bonds is 18. The molecule has 3 heteroatoms. The van der Waals surface area contributed by atoms with Crippen LogP contribution in [-0.2, 0) is 9.53 Å². The fourth-order valence-electron chi connectivity index (χ4n) is 3.59. The highest BCUT2D eigenvalue weighted by atomic mass is 16.5. The summed E-state index contributed by atoms with van der Waals surface area (Å²) < 4.78 is 5.39. The third kappa shape index (κ3) is 14.4. The molecule has 0 rings (SSSR count). The average Bonchev–Trinajstić information content (AvgIpc) is 2.61. The van der Waals surface area contributed by atoms with Crippen LogP contribution in [0.15, 0.2) is 12.7 Å². The number of hydrogen-bond acceptors (Lipinski definition) is 3. The van der Waals surface area contributed by atoms with E-state index in [9.17, 15) is 4.79 Å². The Morgan fingerprint density at radius 3 is 1.69 bits per heavy atom. The summed E-state index contributed by atoms with van der Waals surface area (Å²) in [4.78, 5) is 13.5. The zero-order valence-electron chi connectivity index (χ0n) is 18.1. The first-order chi connectivity index (χ1) is 12.5. The first-order valence-corrected chi connectivity index (χ1v) is 11.0. The lowest BCUT2D eigenvalue weighted by Crippen LogP contribution is -2.39. The van der Waals surface area contributed by atoms with Crippen molar-refractivity contribution in [2.24, 2.45) is 0 Å². The lowest BCUT2D eigenvalue weighted by Gasteiger charge is -2.29. The van der Waals surface area contributed by atoms with Gasteiger partial charge < -0.3 is 9.64 Å². The minimum Gasteiger partial charge on any atom is -0.458 e. The first kappa shape index (κ1) is 25.2. The van der Waals surface area contributed by atoms with Crippen LogP contribution in [0.3, 0.4) is 0 Å². The number of esters is 1. The van der Waals surface area contributed by atoms with E-state index in [1.54, 1.807) is 0 Å². The van der Waals surface area contributed by atoms with Crippen molar-refractivity contribution in [3.05, 3.63) is 12.7 Å². The highest BCUT2D eigenvalue weighted by molar-refractivity contribution is 5.81. The van der Waals surface area contributed by atoms with E-state index in [4.69, 9.17) is 4.74 Å². The van der Waals surface area contributed by atoms with Gasteiger partial charge in [-0.1, -0.05) is 97.0 Å². The average molecular weight is 368 g/mol. The maximum atomic E-state index is 11.4. The molecule has 154 valence electrons. The predicted octanol–water partition coefficient (Wildman–Crippen LogP) is 6.52. The standard InChI is InChI=1S/C23H45NO2/c1-6-8-9-10-11-12-13-14-15-16-17-18-19-20-22(24(4)5)21(3)26-23(25)7-2/h7,21-22H,2,6,8-20H2,1,3-5H3. The molecule has 0 radical (unpaired) electrons. The topological polar surface area (TPSA) is 29.5 Å². The molecule has 0 aromatic carbocycles. The van der Waals surface area contributed by atoms with Gasteiger partial charge in [0, 0.05) is 12.1 Å². The Morgan fingerprint density at radius 2 is 1.31 bits per heavy atom. The van der Waals surface area contributed by atoms with Crippen molar-refractivity contribution in [3.63, 3.8) is 0 Å². The maximum absolute atomic E-state index is 11.4. The zero-order chi connectivity index (χ0) is 19.6. The lowest BCUT2D eigenvalue weighted by atomic mass is 10.0. The molecular formula is C23H45NO2. The van der Waals surface area contributed by atoms with Gasteiger partial charge in [0.1, 0.15) is 6.10 Å². The minimum absolute atomic E-state index is 0.0900. The van der Waals surface area contributed by atoms with Gasteiger partial charge in [-0.05, 0) is 27.4 Å². The molecule has 0 N–H and O–H groups in total. The number of likely N-dealkylation sites (N-methyl/N-ethyl adjacent to an activating group) is 1. The summed E-state index contributed by atoms with van der Waals surface area (Å²) in [6, 6.07) is 0.284. The van der Waals surface area contributed by atoms with Gasteiger partial charge in [0.15, 0.2) is 0 Å². The Balaban J connectivity index is 3.58. The van der Waals surface area contributed by atoms with Crippen molar-refractivity contribution in [1.29, 1.82) is 0 Å². The molecular weight excluding hydrogens is 322 g/mol. The Hall–Kier alpha value is -0.830. The van der Waals surface area contributed by atoms with Crippen LogP contribution in [0.1, 0.15) is 104 Å². The number of unbranched alkanes of at least 4 members (excludes halogenated alkanes) is 12. The number of carbonyl (C=O) groups excluding carboxylic acids is 1. The molecule has 0 heterocycles. The number of carbonyl (C=O) groups is 1. The summed E-state index contributed by atoms with van der Waals surface area (Å²) in [5, 5.41) is 0. The van der Waals surface area contributed by atoms with Gasteiger partial charge in [0.2, 0.25) is 0 Å². The van der Waals surface area contributed by atoms with E-state index in [2.05, 4.69) is 32.5 Å². The molecule has 3 nitrogen and oxygen atoms in total. The van der Waals surface area contributed by atoms with Crippen molar-refractivity contribution in [1.82, 2.24) is 4.90 Å². The van der Waals surface area contributed by atoms with E-state index in [-0.39, 0.29) is 18.1 Å². The van der Waals surface area contributed by atoms with Gasteiger partial charge in [-0.15, -0.1) is 0 Å². The summed E-state index contributed by atoms with van der Waals surface area (Å²) in [7, 11) is 4.12. The SMILES string of the molecule is C=CC(=O)OC(C)C(CCCCCCCCCCCCCCC)N(C)C. The number of ether oxygens (including phenoxy) is 1. The van der Waals surface area contributed by atoms with Gasteiger partial charge in [-0.2, -0.15) is 0 Å². The molecule has 26 heavy (non-hydrogen) atoms. The number of nitrogens with zero attached hydrogens (tertiary/aromatic N) is 1. The molecule has 0 aromatic rings. The van der Waals surface area contributed by atoms with Gasteiger partial charge in [0.25, 0.3) is 0 Å². The van der Waals surface area contributed by atoms with Crippen LogP contribution in [0, 0.1) is 0 Å². The summed E-state index contributed by atoms with van der Waals surface area (Å²) >= 11 is 0. The second-order valence-electron chi connectivity index (χ2n) is 7.91. The van der Waals surface area contributed by atoms with E-state index in [1.807, 2.05) is 6.92 Å². The molecule has 2 atom stereocenters. The molecule has 0 saturated carbocycles. The van der Waals surface area contributed by atoms with Crippen LogP contribution in [0.4, 0.5) is 0 Å². The second kappa shape index (κ2) is 17.6. The maximum Gasteiger partial charge on any atom is 0.330 e. The molecule has 0 fully saturated rings. The summed E-state index contributed by atoms with van der Waals surface area (Å²) in [5.41, 5.74) is 0. The van der Waals surface area contributed by atoms with E-state index >= 15 is 0 Å². The van der Waals surface area contributed by atoms with Crippen LogP contribution in [0.5, 0.6) is 0 Å². The van der Waals surface area contributed by atoms with Gasteiger partial charge in [-0.3, -0.25) is 0 Å². The fraction of sp³-hybridized carbons (Fsp3) is 0.870. The van der Waals surface area contributed by atoms with Crippen LogP contribution >= 0.6 is 0 Å². The summed E-state index contributed by atoms with van der Waals surface area (Å²) in [6.07, 6.45) is 20.1. The van der Waals surface area contributed by atoms with Gasteiger partial charge >= 0.3 is 5.97 Å². The van der Waals surface area contributed by atoms with Crippen molar-refractivity contribution < 1.29 is 9.53 Å². The van der Waals surface area contributed by atoms with E-state index in [0.717, 1.165) is 6.42 Å². The Kier molecular flexibility index (Phi) is 17.0. The molecule has 0 aliphatic heterocycles. The lowest BCUT2D eigenvalue weighted by molar-refractivity contribution is -0.145. The van der Waals surface area contributed by atoms with E-state index < -0.39 is 0 Å². The fourth-order valence-corrected chi connectivity index (χ4v) is 3.59. The Morgan fingerprint density at radius 1 is 0.885 bits per heavy atom. The third-order valence-corrected chi connectivity index (χ3v) is 5.28. The van der Waals surface area contributed by atoms with Crippen LogP contribution in [0.2, 0.25) is 0 Å². The molecule has 0 aliphatic rings. The van der Waals surface area contributed by atoms with Crippen molar-refractivity contribution in [2.75, 3.05) is 14.1 Å². The molecule has 0 bridgehead atoms. The second-order valence-corrected chi connectivity index (χ2v) is 7.91. The highest BCUT2D eigenvalue weighted by Gasteiger charge is 2.21. The van der Waals surface area contributed by atoms with Crippen LogP contribution < -0.4 is 0 Å². The van der Waals surface area contributed by atoms with E-state index in [0.29, 0.717) is 0 Å². The number of hydrogen-bond donors (Lipinski definition) is 0. The molecule has 0 amide bonds. The van der Waals surface area contributed by atoms with E-state index in [1.165, 1.54) is 89.5 Å². The quantitative estimate of drug-likeness (QED) is 0.157. The minimum atomic E-state index is -0.324. The molecule has 0 saturated heterocycles. The largest absolute Gasteiger partial charge is 0.458 e. The summed E-state index contributed by atoms with van der Waals surface area (Å²) in [5.74, 6) is -0.324. The molecule has 0 spiro atoms. The molecule has 2 unspecified atom stereocenters. The Labute approximate surface area is 163 Å². The molecule has 0 aromatic heterocycles. The summed E-state index contributed by atoms with van der Waals surface area (Å²) in [6.45, 7) is 7.73. The van der Waals surface area contributed by atoms with Crippen LogP contribution in [0.25, 0.3) is 0 Å². The van der Waals surface area contributed by atoms with Crippen molar-refractivity contribution in [2.45, 2.75) is 116 Å². The molecule has 0 aliphatic carbocycles. The highest BCUT2D eigenvalue weighted by Crippen LogP contribution is 2.16. The third-order valence-electron chi connectivity index (χ3n) is 5.28. The van der Waals surface area contributed by atoms with Crippen molar-refractivity contribution in [3.8, 4) is 0 Å².